The molecule has 0 rings (SSSR count). The lowest BCUT2D eigenvalue weighted by atomic mass is 9.95. The third-order valence-corrected chi connectivity index (χ3v) is 0.948. The fourth-order valence-corrected chi connectivity index (χ4v) is 0.248. The maximum absolute atomic E-state index is 8.99. The van der Waals surface area contributed by atoms with Gasteiger partial charge < -0.3 is 5.11 Å². The summed E-state index contributed by atoms with van der Waals surface area (Å²) in [6.45, 7) is 5.47. The second kappa shape index (κ2) is 2.49. The number of rotatable bonds is 0. The molecule has 0 unspecified atom stereocenters. The Balaban J connectivity index is 4.25. The van der Waals surface area contributed by atoms with Gasteiger partial charge in [-0.1, -0.05) is 20.8 Å². The van der Waals surface area contributed by atoms with Crippen LogP contribution >= 0.6 is 0 Å². The van der Waals surface area contributed by atoms with Gasteiger partial charge in [0.2, 0.25) is 5.39 Å². The van der Waals surface area contributed by atoms with Crippen LogP contribution in [0.25, 0.3) is 4.98 Å². The zero-order valence-electron chi connectivity index (χ0n) is 5.92. The fourth-order valence-electron chi connectivity index (χ4n) is 0.248. The molecular formula is C6H11N2O+. The Bertz CT molecular complexity index is 159. The Hall–Kier alpha value is -1.04. The molecule has 0 bridgehead atoms. The van der Waals surface area contributed by atoms with E-state index < -0.39 is 0 Å². The van der Waals surface area contributed by atoms with Crippen LogP contribution in [0.4, 0.5) is 0 Å². The van der Waals surface area contributed by atoms with Crippen LogP contribution in [0.2, 0.25) is 0 Å². The summed E-state index contributed by atoms with van der Waals surface area (Å²) in [5, 5.41) is 17.0. The number of aliphatic hydroxyl groups excluding tert-OH is 1. The molecule has 0 aromatic rings. The molecule has 0 heterocycles. The van der Waals surface area contributed by atoms with Crippen molar-refractivity contribution in [3.8, 4) is 0 Å². The predicted octanol–water partition coefficient (Wildman–Crippen LogP) is 2.28. The summed E-state index contributed by atoms with van der Waals surface area (Å²) < 4.78 is 0. The van der Waals surface area contributed by atoms with Crippen LogP contribution in [0.15, 0.2) is 12.0 Å². The van der Waals surface area contributed by atoms with Crippen molar-refractivity contribution in [1.29, 1.82) is 5.39 Å². The molecule has 3 nitrogen and oxygen atoms in total. The minimum absolute atomic E-state index is 0.0741. The van der Waals surface area contributed by atoms with Gasteiger partial charge in [0.15, 0.2) is 10.7 Å². The Kier molecular flexibility index (Phi) is 2.20. The zero-order valence-corrected chi connectivity index (χ0v) is 5.92. The van der Waals surface area contributed by atoms with Crippen LogP contribution in [0.3, 0.4) is 0 Å². The second-order valence-corrected chi connectivity index (χ2v) is 2.88. The van der Waals surface area contributed by atoms with Crippen molar-refractivity contribution in [3.63, 3.8) is 0 Å². The van der Waals surface area contributed by atoms with E-state index in [0.29, 0.717) is 0 Å². The normalized spacial score (nSPS) is 12.9. The van der Waals surface area contributed by atoms with Gasteiger partial charge in [0.1, 0.15) is 0 Å². The molecule has 1 N–H and O–H groups in total. The third-order valence-electron chi connectivity index (χ3n) is 0.948. The minimum atomic E-state index is -0.327. The molecule has 0 atom stereocenters. The molecule has 3 heteroatoms. The van der Waals surface area contributed by atoms with Gasteiger partial charge in [-0.2, -0.15) is 0 Å². The molecule has 0 aliphatic carbocycles. The third kappa shape index (κ3) is 2.70. The molecule has 0 spiro atoms. The van der Waals surface area contributed by atoms with Crippen molar-refractivity contribution in [1.82, 2.24) is 0 Å². The summed E-state index contributed by atoms with van der Waals surface area (Å²) in [7, 11) is 0. The van der Waals surface area contributed by atoms with Gasteiger partial charge in [-0.15, -0.1) is 0 Å². The highest BCUT2D eigenvalue weighted by Crippen LogP contribution is 2.21. The lowest BCUT2D eigenvalue weighted by Crippen LogP contribution is -2.07. The summed E-state index contributed by atoms with van der Waals surface area (Å²) in [6, 6.07) is 0. The smallest absolute Gasteiger partial charge is 0.387 e. The monoisotopic (exact) mass is 127 g/mol. The first-order valence-electron chi connectivity index (χ1n) is 2.72. The summed E-state index contributed by atoms with van der Waals surface area (Å²) in [6.07, 6.45) is 1.03. The van der Waals surface area contributed by atoms with Gasteiger partial charge in [-0.25, -0.2) is 0 Å². The SMILES string of the molecule is CC(C)(C)/C(O)=C/[N+]#N. The molecule has 0 aromatic carbocycles. The van der Waals surface area contributed by atoms with Gasteiger partial charge in [0, 0.05) is 5.41 Å². The molecule has 0 aliphatic heterocycles. The van der Waals surface area contributed by atoms with Crippen molar-refractivity contribution < 1.29 is 5.11 Å². The molecule has 0 radical (unpaired) electrons. The maximum atomic E-state index is 8.99. The largest absolute Gasteiger partial charge is 0.505 e. The van der Waals surface area contributed by atoms with Crippen LogP contribution in [-0.2, 0) is 0 Å². The quantitative estimate of drug-likeness (QED) is 0.401. The Morgan fingerprint density at radius 3 is 2.11 bits per heavy atom. The number of hydrogen-bond donors (Lipinski definition) is 1. The van der Waals surface area contributed by atoms with Gasteiger partial charge in [-0.05, 0) is 0 Å². The van der Waals surface area contributed by atoms with Crippen molar-refractivity contribution in [2.24, 2.45) is 5.41 Å². The highest BCUT2D eigenvalue weighted by Gasteiger charge is 2.19. The van der Waals surface area contributed by atoms with E-state index in [4.69, 9.17) is 10.5 Å². The number of aliphatic hydroxyl groups is 1. The average Bonchev–Trinajstić information content (AvgIpc) is 1.64. The van der Waals surface area contributed by atoms with Crippen LogP contribution in [0.1, 0.15) is 20.8 Å². The molecule has 0 fully saturated rings. The molecule has 0 amide bonds. The fraction of sp³-hybridized carbons (Fsp3) is 0.667. The summed E-state index contributed by atoms with van der Waals surface area (Å²) >= 11 is 0. The van der Waals surface area contributed by atoms with Crippen LogP contribution in [0, 0.1) is 10.8 Å². The van der Waals surface area contributed by atoms with E-state index in [9.17, 15) is 0 Å². The van der Waals surface area contributed by atoms with Gasteiger partial charge in [0.05, 0.1) is 0 Å². The lowest BCUT2D eigenvalue weighted by Gasteiger charge is -2.12. The maximum Gasteiger partial charge on any atom is 0.387 e. The molecule has 0 saturated heterocycles. The zero-order chi connectivity index (χ0) is 7.49. The Labute approximate surface area is 54.6 Å². The van der Waals surface area contributed by atoms with E-state index >= 15 is 0 Å². The number of allylic oxidation sites excluding steroid dienone is 1. The van der Waals surface area contributed by atoms with E-state index in [0.717, 1.165) is 6.20 Å². The number of nitrogens with zero attached hydrogens (tertiary/aromatic N) is 2. The first-order chi connectivity index (χ1) is 3.98. The predicted molar refractivity (Wildman–Crippen MR) is 35.3 cm³/mol. The standard InChI is InChI=1S/C6H10N2O/c1-6(2,3)5(9)4-8-7/h4H,1-3H3/p+1/b5-4-. The highest BCUT2D eigenvalue weighted by molar-refractivity contribution is 5.03. The van der Waals surface area contributed by atoms with Crippen LogP contribution in [-0.4, -0.2) is 5.11 Å². The van der Waals surface area contributed by atoms with Crippen molar-refractivity contribution >= 4 is 0 Å². The second-order valence-electron chi connectivity index (χ2n) is 2.88. The van der Waals surface area contributed by atoms with Crippen molar-refractivity contribution in [2.45, 2.75) is 20.8 Å². The molecule has 0 saturated carbocycles. The molecule has 9 heavy (non-hydrogen) atoms. The van der Waals surface area contributed by atoms with Crippen LogP contribution in [0.5, 0.6) is 0 Å². The van der Waals surface area contributed by atoms with E-state index in [1.54, 1.807) is 0 Å². The molecule has 0 aromatic heterocycles. The van der Waals surface area contributed by atoms with E-state index in [1.807, 2.05) is 20.8 Å². The Morgan fingerprint density at radius 1 is 1.56 bits per heavy atom. The topological polar surface area (TPSA) is 48.4 Å². The minimum Gasteiger partial charge on any atom is -0.505 e. The lowest BCUT2D eigenvalue weighted by molar-refractivity contribution is 0.277. The summed E-state index contributed by atoms with van der Waals surface area (Å²) in [4.78, 5) is 2.69. The van der Waals surface area contributed by atoms with Crippen molar-refractivity contribution in [3.05, 3.63) is 16.9 Å². The van der Waals surface area contributed by atoms with Crippen molar-refractivity contribution in [2.75, 3.05) is 0 Å². The van der Waals surface area contributed by atoms with E-state index in [-0.39, 0.29) is 11.2 Å². The Morgan fingerprint density at radius 2 is 2.00 bits per heavy atom. The molecule has 0 aliphatic rings. The molecule has 50 valence electrons. The molecular weight excluding hydrogens is 116 g/mol. The highest BCUT2D eigenvalue weighted by atomic mass is 16.3. The van der Waals surface area contributed by atoms with Gasteiger partial charge in [0.25, 0.3) is 0 Å². The van der Waals surface area contributed by atoms with Crippen LogP contribution < -0.4 is 0 Å². The number of hydrogen-bond acceptors (Lipinski definition) is 2. The summed E-state index contributed by atoms with van der Waals surface area (Å²) in [5.74, 6) is 0.0741. The number of diazo groups is 1. The average molecular weight is 127 g/mol. The van der Waals surface area contributed by atoms with Gasteiger partial charge in [-0.3, -0.25) is 0 Å². The summed E-state index contributed by atoms with van der Waals surface area (Å²) in [5.41, 5.74) is -0.327. The first-order valence-corrected chi connectivity index (χ1v) is 2.72. The first kappa shape index (κ1) is 7.96. The van der Waals surface area contributed by atoms with E-state index in [1.165, 1.54) is 0 Å². The van der Waals surface area contributed by atoms with E-state index in [2.05, 4.69) is 4.98 Å². The van der Waals surface area contributed by atoms with Gasteiger partial charge >= 0.3 is 6.20 Å².